The molecule has 1 amide bonds. The number of nitrogens with zero attached hydrogens (tertiary/aromatic N) is 2. The third kappa shape index (κ3) is 4.58. The molecule has 0 aromatic carbocycles. The molecule has 0 saturated carbocycles. The molecule has 0 bridgehead atoms. The Morgan fingerprint density at radius 3 is 2.79 bits per heavy atom. The first-order valence-electron chi connectivity index (χ1n) is 8.47. The van der Waals surface area contributed by atoms with E-state index in [1.807, 2.05) is 0 Å². The summed E-state index contributed by atoms with van der Waals surface area (Å²) >= 11 is 0. The lowest BCUT2D eigenvalue weighted by molar-refractivity contribution is 0.0941. The van der Waals surface area contributed by atoms with E-state index in [1.54, 1.807) is 7.05 Å². The summed E-state index contributed by atoms with van der Waals surface area (Å²) in [4.78, 5) is 14.8. The lowest BCUT2D eigenvalue weighted by atomic mass is 10.0. The summed E-state index contributed by atoms with van der Waals surface area (Å²) in [5.74, 6) is -0.248. The van der Waals surface area contributed by atoms with Gasteiger partial charge in [-0.3, -0.25) is 4.79 Å². The number of amides is 1. The van der Waals surface area contributed by atoms with Crippen LogP contribution in [0.2, 0.25) is 0 Å². The number of carbonyl (C=O) groups excluding carboxylic acids is 1. The van der Waals surface area contributed by atoms with Crippen LogP contribution in [0.4, 0.5) is 0 Å². The molecule has 1 aliphatic rings. The molecule has 2 N–H and O–H groups in total. The fraction of sp³-hybridized carbons (Fsp3) is 0.688. The van der Waals surface area contributed by atoms with Crippen molar-refractivity contribution in [2.24, 2.45) is 7.05 Å². The Bertz CT molecular complexity index is 669. The third-order valence-corrected chi connectivity index (χ3v) is 6.02. The summed E-state index contributed by atoms with van der Waals surface area (Å²) in [5, 5.41) is 2.88. The van der Waals surface area contributed by atoms with Crippen molar-refractivity contribution >= 4 is 15.9 Å². The molecule has 7 nitrogen and oxygen atoms in total. The highest BCUT2D eigenvalue weighted by molar-refractivity contribution is 7.89. The summed E-state index contributed by atoms with van der Waals surface area (Å²) in [6.07, 6.45) is 6.14. The normalized spacial score (nSPS) is 19.4. The molecule has 1 aromatic heterocycles. The average Bonchev–Trinajstić information content (AvgIpc) is 2.95. The van der Waals surface area contributed by atoms with Crippen LogP contribution in [0.25, 0.3) is 0 Å². The van der Waals surface area contributed by atoms with Gasteiger partial charge in [0, 0.05) is 32.4 Å². The Morgan fingerprint density at radius 2 is 2.12 bits per heavy atom. The molecule has 0 aliphatic carbocycles. The lowest BCUT2D eigenvalue weighted by Gasteiger charge is -2.33. The zero-order valence-electron chi connectivity index (χ0n) is 14.7. The predicted octanol–water partition coefficient (Wildman–Crippen LogP) is 0.928. The largest absolute Gasteiger partial charge is 0.351 e. The minimum atomic E-state index is -3.54. The van der Waals surface area contributed by atoms with Crippen LogP contribution in [0, 0.1) is 0 Å². The molecular formula is C16H28N4O3S. The van der Waals surface area contributed by atoms with Crippen molar-refractivity contribution < 1.29 is 13.2 Å². The SMILES string of the molecule is CNS(=O)(=O)c1cc(C(=O)NCCCN2CCCCC2C)n(C)c1. The molecule has 1 aliphatic heterocycles. The van der Waals surface area contributed by atoms with Gasteiger partial charge in [-0.15, -0.1) is 0 Å². The molecule has 1 aromatic rings. The number of hydrogen-bond acceptors (Lipinski definition) is 4. The summed E-state index contributed by atoms with van der Waals surface area (Å²) in [6.45, 7) is 4.96. The first kappa shape index (κ1) is 19.0. The van der Waals surface area contributed by atoms with Gasteiger partial charge in [-0.05, 0) is 45.8 Å². The van der Waals surface area contributed by atoms with Crippen molar-refractivity contribution in [2.45, 2.75) is 43.5 Å². The molecular weight excluding hydrogens is 328 g/mol. The summed E-state index contributed by atoms with van der Waals surface area (Å²) in [5.41, 5.74) is 0.343. The van der Waals surface area contributed by atoms with Crippen molar-refractivity contribution in [3.05, 3.63) is 18.0 Å². The van der Waals surface area contributed by atoms with E-state index in [0.717, 1.165) is 19.5 Å². The van der Waals surface area contributed by atoms with E-state index in [2.05, 4.69) is 21.9 Å². The quantitative estimate of drug-likeness (QED) is 0.712. The molecule has 1 fully saturated rings. The smallest absolute Gasteiger partial charge is 0.267 e. The monoisotopic (exact) mass is 356 g/mol. The van der Waals surface area contributed by atoms with Crippen LogP contribution in [0.15, 0.2) is 17.2 Å². The maximum absolute atomic E-state index is 12.2. The number of aromatic nitrogens is 1. The minimum absolute atomic E-state index is 0.0970. The standard InChI is InChI=1S/C16H28N4O3S/c1-13-7-4-5-9-20(13)10-6-8-18-16(21)15-11-14(12-19(15)3)24(22,23)17-2/h11-13,17H,4-10H2,1-3H3,(H,18,21). The predicted molar refractivity (Wildman–Crippen MR) is 93.5 cm³/mol. The highest BCUT2D eigenvalue weighted by Gasteiger charge is 2.20. The summed E-state index contributed by atoms with van der Waals surface area (Å²) in [7, 11) is -0.520. The van der Waals surface area contributed by atoms with Gasteiger partial charge in [0.25, 0.3) is 5.91 Å². The molecule has 2 rings (SSSR count). The van der Waals surface area contributed by atoms with Gasteiger partial charge in [0.2, 0.25) is 10.0 Å². The molecule has 136 valence electrons. The van der Waals surface area contributed by atoms with Crippen LogP contribution in [-0.2, 0) is 17.1 Å². The second kappa shape index (κ2) is 8.13. The van der Waals surface area contributed by atoms with Crippen molar-refractivity contribution in [1.29, 1.82) is 0 Å². The van der Waals surface area contributed by atoms with Gasteiger partial charge in [-0.25, -0.2) is 13.1 Å². The maximum Gasteiger partial charge on any atom is 0.267 e. The number of aryl methyl sites for hydroxylation is 1. The Kier molecular flexibility index (Phi) is 6.42. The van der Waals surface area contributed by atoms with Gasteiger partial charge in [-0.2, -0.15) is 0 Å². The molecule has 2 heterocycles. The Morgan fingerprint density at radius 1 is 1.38 bits per heavy atom. The van der Waals surface area contributed by atoms with Gasteiger partial charge >= 0.3 is 0 Å². The second-order valence-electron chi connectivity index (χ2n) is 6.37. The number of nitrogens with one attached hydrogen (secondary N) is 2. The molecule has 0 radical (unpaired) electrons. The number of hydrogen-bond donors (Lipinski definition) is 2. The van der Waals surface area contributed by atoms with Crippen LogP contribution in [0.3, 0.4) is 0 Å². The lowest BCUT2D eigenvalue weighted by Crippen LogP contribution is -2.39. The van der Waals surface area contributed by atoms with Crippen molar-refractivity contribution in [3.8, 4) is 0 Å². The zero-order chi connectivity index (χ0) is 17.7. The van der Waals surface area contributed by atoms with Crippen LogP contribution in [0.1, 0.15) is 43.1 Å². The summed E-state index contributed by atoms with van der Waals surface area (Å²) < 4.78 is 27.4. The van der Waals surface area contributed by atoms with E-state index in [4.69, 9.17) is 0 Å². The zero-order valence-corrected chi connectivity index (χ0v) is 15.5. The Balaban J connectivity index is 1.84. The molecule has 1 atom stereocenters. The highest BCUT2D eigenvalue weighted by Crippen LogP contribution is 2.16. The molecule has 1 unspecified atom stereocenters. The number of piperidine rings is 1. The first-order valence-corrected chi connectivity index (χ1v) is 9.95. The molecule has 24 heavy (non-hydrogen) atoms. The maximum atomic E-state index is 12.2. The highest BCUT2D eigenvalue weighted by atomic mass is 32.2. The first-order chi connectivity index (χ1) is 11.3. The Labute approximate surface area is 144 Å². The van der Waals surface area contributed by atoms with Gasteiger partial charge < -0.3 is 14.8 Å². The van der Waals surface area contributed by atoms with Crippen molar-refractivity contribution in [1.82, 2.24) is 19.5 Å². The third-order valence-electron chi connectivity index (χ3n) is 4.64. The number of carbonyl (C=O) groups is 1. The second-order valence-corrected chi connectivity index (χ2v) is 8.26. The van der Waals surface area contributed by atoms with E-state index in [-0.39, 0.29) is 10.8 Å². The van der Waals surface area contributed by atoms with E-state index < -0.39 is 10.0 Å². The fourth-order valence-corrected chi connectivity index (χ4v) is 3.89. The molecule has 0 spiro atoms. The van der Waals surface area contributed by atoms with Crippen LogP contribution >= 0.6 is 0 Å². The van der Waals surface area contributed by atoms with Crippen molar-refractivity contribution in [3.63, 3.8) is 0 Å². The molecule has 1 saturated heterocycles. The van der Waals surface area contributed by atoms with E-state index in [9.17, 15) is 13.2 Å². The minimum Gasteiger partial charge on any atom is -0.351 e. The topological polar surface area (TPSA) is 83.4 Å². The van der Waals surface area contributed by atoms with Crippen molar-refractivity contribution in [2.75, 3.05) is 26.7 Å². The van der Waals surface area contributed by atoms with Gasteiger partial charge in [0.05, 0.1) is 0 Å². The van der Waals surface area contributed by atoms with Gasteiger partial charge in [0.1, 0.15) is 10.6 Å². The summed E-state index contributed by atoms with van der Waals surface area (Å²) in [6, 6.07) is 2.02. The van der Waals surface area contributed by atoms with Gasteiger partial charge in [0.15, 0.2) is 0 Å². The van der Waals surface area contributed by atoms with E-state index in [0.29, 0.717) is 18.3 Å². The fourth-order valence-electron chi connectivity index (χ4n) is 3.09. The van der Waals surface area contributed by atoms with Crippen LogP contribution in [-0.4, -0.2) is 56.5 Å². The van der Waals surface area contributed by atoms with Gasteiger partial charge in [-0.1, -0.05) is 6.42 Å². The van der Waals surface area contributed by atoms with E-state index >= 15 is 0 Å². The Hall–Kier alpha value is -1.38. The molecule has 8 heteroatoms. The number of likely N-dealkylation sites (tertiary alicyclic amines) is 1. The van der Waals surface area contributed by atoms with E-state index in [1.165, 1.54) is 43.1 Å². The number of rotatable bonds is 7. The average molecular weight is 356 g/mol. The van der Waals surface area contributed by atoms with Crippen LogP contribution in [0.5, 0.6) is 0 Å². The number of sulfonamides is 1. The van der Waals surface area contributed by atoms with Crippen LogP contribution < -0.4 is 10.0 Å².